The number of amides is 3. The van der Waals surface area contributed by atoms with Crippen LogP contribution in [-0.2, 0) is 9.59 Å². The molecule has 7 heteroatoms. The van der Waals surface area contributed by atoms with E-state index in [0.29, 0.717) is 30.4 Å². The molecule has 2 N–H and O–H groups in total. The van der Waals surface area contributed by atoms with Crippen molar-refractivity contribution in [2.75, 3.05) is 13.1 Å². The number of hydrogen-bond donors (Lipinski definition) is 2. The summed E-state index contributed by atoms with van der Waals surface area (Å²) in [7, 11) is 0. The predicted octanol–water partition coefficient (Wildman–Crippen LogP) is 2.52. The lowest BCUT2D eigenvalue weighted by atomic mass is 9.92. The van der Waals surface area contributed by atoms with Gasteiger partial charge in [-0.05, 0) is 50.7 Å². The molecule has 1 aromatic rings. The third-order valence-electron chi connectivity index (χ3n) is 6.80. The number of pyridine rings is 1. The van der Waals surface area contributed by atoms with Crippen molar-refractivity contribution < 1.29 is 14.4 Å². The van der Waals surface area contributed by atoms with E-state index >= 15 is 0 Å². The van der Waals surface area contributed by atoms with Crippen LogP contribution in [-0.4, -0.2) is 52.8 Å². The van der Waals surface area contributed by atoms with Gasteiger partial charge in [0, 0.05) is 55.8 Å². The molecule has 7 nitrogen and oxygen atoms in total. The maximum absolute atomic E-state index is 12.5. The van der Waals surface area contributed by atoms with Gasteiger partial charge >= 0.3 is 0 Å². The fourth-order valence-electron chi connectivity index (χ4n) is 4.89. The van der Waals surface area contributed by atoms with Crippen LogP contribution in [0.1, 0.15) is 86.2 Å². The Morgan fingerprint density at radius 3 is 2.50 bits per heavy atom. The summed E-state index contributed by atoms with van der Waals surface area (Å²) in [6, 6.07) is 4.31. The first-order valence-corrected chi connectivity index (χ1v) is 11.4. The van der Waals surface area contributed by atoms with Crippen molar-refractivity contribution in [2.24, 2.45) is 0 Å². The third kappa shape index (κ3) is 5.18. The average Bonchev–Trinajstić information content (AvgIpc) is 3.44. The predicted molar refractivity (Wildman–Crippen MR) is 113 cm³/mol. The Bertz CT molecular complexity index is 765. The maximum Gasteiger partial charge on any atom is 0.253 e. The summed E-state index contributed by atoms with van der Waals surface area (Å²) in [6.07, 6.45) is 10.7. The minimum atomic E-state index is -0.0279. The first kappa shape index (κ1) is 20.8. The normalized spacial score (nSPS) is 22.9. The summed E-state index contributed by atoms with van der Waals surface area (Å²) < 4.78 is 0. The van der Waals surface area contributed by atoms with Crippen molar-refractivity contribution in [2.45, 2.75) is 82.2 Å². The molecule has 0 bridgehead atoms. The summed E-state index contributed by atoms with van der Waals surface area (Å²) in [5.41, 5.74) is 1.63. The van der Waals surface area contributed by atoms with Crippen molar-refractivity contribution >= 4 is 17.7 Å². The van der Waals surface area contributed by atoms with Gasteiger partial charge in [0.15, 0.2) is 0 Å². The van der Waals surface area contributed by atoms with Crippen LogP contribution in [0.2, 0.25) is 0 Å². The first-order valence-electron chi connectivity index (χ1n) is 11.4. The number of piperidine rings is 1. The number of nitrogens with one attached hydrogen (secondary N) is 2. The molecule has 1 saturated carbocycles. The molecule has 4 rings (SSSR count). The van der Waals surface area contributed by atoms with E-state index in [2.05, 4.69) is 15.6 Å². The summed E-state index contributed by atoms with van der Waals surface area (Å²) in [5, 5.41) is 6.03. The Kier molecular flexibility index (Phi) is 6.65. The number of aromatic nitrogens is 1. The fraction of sp³-hybridized carbons (Fsp3) is 0.652. The van der Waals surface area contributed by atoms with Crippen LogP contribution in [0.25, 0.3) is 0 Å². The molecular formula is C23H32N4O3. The van der Waals surface area contributed by atoms with E-state index in [1.165, 1.54) is 12.8 Å². The number of hydrogen-bond acceptors (Lipinski definition) is 4. The van der Waals surface area contributed by atoms with Gasteiger partial charge in [0.2, 0.25) is 11.8 Å². The minimum absolute atomic E-state index is 0.0279. The highest BCUT2D eigenvalue weighted by molar-refractivity contribution is 5.94. The zero-order valence-corrected chi connectivity index (χ0v) is 17.6. The first-order chi connectivity index (χ1) is 14.6. The van der Waals surface area contributed by atoms with E-state index in [0.717, 1.165) is 57.3 Å². The standard InChI is InChI=1S/C23H32N4O3/c28-21-9-6-19(25-21)7-10-22(29)27-13-11-16(12-14-27)20-8-5-17(15-24-20)23(30)26-18-3-1-2-4-18/h5,8,15-16,18-19H,1-4,6-7,9-14H2,(H,25,28)(H,26,30)/t19-/m0/s1. The zero-order valence-electron chi connectivity index (χ0n) is 17.6. The van der Waals surface area contributed by atoms with Gasteiger partial charge in [-0.3, -0.25) is 19.4 Å². The molecule has 0 spiro atoms. The summed E-state index contributed by atoms with van der Waals surface area (Å²) in [4.78, 5) is 42.6. The Balaban J connectivity index is 1.22. The van der Waals surface area contributed by atoms with E-state index < -0.39 is 0 Å². The zero-order chi connectivity index (χ0) is 20.9. The number of likely N-dealkylation sites (tertiary alicyclic amines) is 1. The van der Waals surface area contributed by atoms with Crippen LogP contribution in [0.15, 0.2) is 18.3 Å². The lowest BCUT2D eigenvalue weighted by Crippen LogP contribution is -2.38. The Morgan fingerprint density at radius 2 is 1.87 bits per heavy atom. The van der Waals surface area contributed by atoms with Crippen LogP contribution in [0.3, 0.4) is 0 Å². The lowest BCUT2D eigenvalue weighted by Gasteiger charge is -2.32. The van der Waals surface area contributed by atoms with Gasteiger partial charge in [-0.2, -0.15) is 0 Å². The summed E-state index contributed by atoms with van der Waals surface area (Å²) >= 11 is 0. The van der Waals surface area contributed by atoms with Crippen molar-refractivity contribution in [3.05, 3.63) is 29.6 Å². The van der Waals surface area contributed by atoms with Crippen LogP contribution in [0.5, 0.6) is 0 Å². The maximum atomic E-state index is 12.5. The number of rotatable bonds is 6. The molecular weight excluding hydrogens is 380 g/mol. The van der Waals surface area contributed by atoms with E-state index in [9.17, 15) is 14.4 Å². The van der Waals surface area contributed by atoms with Crippen LogP contribution in [0.4, 0.5) is 0 Å². The van der Waals surface area contributed by atoms with Crippen molar-refractivity contribution in [3.63, 3.8) is 0 Å². The highest BCUT2D eigenvalue weighted by atomic mass is 16.2. The average molecular weight is 413 g/mol. The molecule has 3 fully saturated rings. The van der Waals surface area contributed by atoms with Gasteiger partial charge in [0.1, 0.15) is 0 Å². The molecule has 3 heterocycles. The monoisotopic (exact) mass is 412 g/mol. The molecule has 1 aromatic heterocycles. The molecule has 0 unspecified atom stereocenters. The minimum Gasteiger partial charge on any atom is -0.353 e. The lowest BCUT2D eigenvalue weighted by molar-refractivity contribution is -0.132. The highest BCUT2D eigenvalue weighted by Crippen LogP contribution is 2.27. The van der Waals surface area contributed by atoms with Crippen LogP contribution < -0.4 is 10.6 Å². The second kappa shape index (κ2) is 9.58. The quantitative estimate of drug-likeness (QED) is 0.751. The van der Waals surface area contributed by atoms with Gasteiger partial charge in [-0.1, -0.05) is 12.8 Å². The van der Waals surface area contributed by atoms with Crippen LogP contribution in [0, 0.1) is 0 Å². The van der Waals surface area contributed by atoms with Gasteiger partial charge in [-0.15, -0.1) is 0 Å². The van der Waals surface area contributed by atoms with Gasteiger partial charge < -0.3 is 15.5 Å². The van der Waals surface area contributed by atoms with Crippen molar-refractivity contribution in [3.8, 4) is 0 Å². The molecule has 0 radical (unpaired) electrons. The summed E-state index contributed by atoms with van der Waals surface area (Å²) in [5.74, 6) is 0.583. The van der Waals surface area contributed by atoms with Gasteiger partial charge in [0.25, 0.3) is 5.91 Å². The van der Waals surface area contributed by atoms with E-state index in [-0.39, 0.29) is 23.8 Å². The molecule has 2 aliphatic heterocycles. The van der Waals surface area contributed by atoms with Crippen molar-refractivity contribution in [1.29, 1.82) is 0 Å². The highest BCUT2D eigenvalue weighted by Gasteiger charge is 2.27. The molecule has 0 aromatic carbocycles. The number of nitrogens with zero attached hydrogens (tertiary/aromatic N) is 2. The molecule has 30 heavy (non-hydrogen) atoms. The SMILES string of the molecule is O=C1CC[C@@H](CCC(=O)N2CCC(c3ccc(C(=O)NC4CCCC4)cn3)CC2)N1. The van der Waals surface area contributed by atoms with Crippen LogP contribution >= 0.6 is 0 Å². The van der Waals surface area contributed by atoms with Crippen molar-refractivity contribution in [1.82, 2.24) is 20.5 Å². The largest absolute Gasteiger partial charge is 0.353 e. The van der Waals surface area contributed by atoms with E-state index in [4.69, 9.17) is 0 Å². The molecule has 3 aliphatic rings. The fourth-order valence-corrected chi connectivity index (χ4v) is 4.89. The number of carbonyl (C=O) groups is 3. The second-order valence-corrected chi connectivity index (χ2v) is 8.92. The summed E-state index contributed by atoms with van der Waals surface area (Å²) in [6.45, 7) is 1.48. The van der Waals surface area contributed by atoms with Gasteiger partial charge in [-0.25, -0.2) is 0 Å². The molecule has 2 saturated heterocycles. The molecule has 1 atom stereocenters. The second-order valence-electron chi connectivity index (χ2n) is 8.92. The molecule has 1 aliphatic carbocycles. The molecule has 3 amide bonds. The number of carbonyl (C=O) groups excluding carboxylic acids is 3. The Hall–Kier alpha value is -2.44. The smallest absolute Gasteiger partial charge is 0.253 e. The molecule has 162 valence electrons. The Labute approximate surface area is 178 Å². The third-order valence-corrected chi connectivity index (χ3v) is 6.80. The van der Waals surface area contributed by atoms with Gasteiger partial charge in [0.05, 0.1) is 5.56 Å². The van der Waals surface area contributed by atoms with E-state index in [1.54, 1.807) is 6.20 Å². The Morgan fingerprint density at radius 1 is 1.10 bits per heavy atom. The topological polar surface area (TPSA) is 91.4 Å². The van der Waals surface area contributed by atoms with E-state index in [1.807, 2.05) is 17.0 Å².